The van der Waals surface area contributed by atoms with Gasteiger partial charge in [-0.2, -0.15) is 0 Å². The lowest BCUT2D eigenvalue weighted by molar-refractivity contribution is -0.898. The molecular weight excluding hydrogens is 389 g/mol. The second kappa shape index (κ2) is 10.2. The normalized spacial score (nSPS) is 13.9. The summed E-state index contributed by atoms with van der Waals surface area (Å²) in [5.41, 5.74) is 1.07. The Morgan fingerprint density at radius 3 is 2.23 bits per heavy atom. The molecule has 0 aromatic heterocycles. The highest BCUT2D eigenvalue weighted by Gasteiger charge is 2.32. The molecule has 0 aliphatic heterocycles. The summed E-state index contributed by atoms with van der Waals surface area (Å²) in [7, 11) is 6.39. The zero-order chi connectivity index (χ0) is 15.9. The molecule has 3 nitrogen and oxygen atoms in total. The Bertz CT molecular complexity index is 428. The minimum Gasteiger partial charge on any atom is -1.00 e. The molecule has 0 radical (unpaired) electrons. The third kappa shape index (κ3) is 7.09. The molecule has 2 unspecified atom stereocenters. The van der Waals surface area contributed by atoms with E-state index in [-0.39, 0.29) is 42.1 Å². The highest BCUT2D eigenvalue weighted by molar-refractivity contribution is 5.69. The number of benzene rings is 1. The van der Waals surface area contributed by atoms with E-state index < -0.39 is 0 Å². The molecule has 1 aromatic carbocycles. The van der Waals surface area contributed by atoms with Gasteiger partial charge in [-0.3, -0.25) is 4.79 Å². The lowest BCUT2D eigenvalue weighted by atomic mass is 10.0. The lowest BCUT2D eigenvalue weighted by Crippen LogP contribution is -3.00. The maximum Gasteiger partial charge on any atom is 0.306 e. The van der Waals surface area contributed by atoms with E-state index in [2.05, 4.69) is 35.0 Å². The predicted octanol–water partition coefficient (Wildman–Crippen LogP) is 0.950. The molecule has 1 aromatic rings. The molecule has 0 bridgehead atoms. The highest BCUT2D eigenvalue weighted by Crippen LogP contribution is 2.27. The Morgan fingerprint density at radius 1 is 1.14 bits per heavy atom. The van der Waals surface area contributed by atoms with Gasteiger partial charge in [0.1, 0.15) is 6.04 Å². The van der Waals surface area contributed by atoms with E-state index in [0.717, 1.165) is 29.3 Å². The number of halogens is 1. The van der Waals surface area contributed by atoms with Crippen molar-refractivity contribution in [3.05, 3.63) is 35.9 Å². The van der Waals surface area contributed by atoms with E-state index in [1.165, 1.54) is 0 Å². The minimum absolute atomic E-state index is 0. The van der Waals surface area contributed by atoms with Crippen molar-refractivity contribution < 1.29 is 38.0 Å². The van der Waals surface area contributed by atoms with Crippen molar-refractivity contribution in [3.8, 4) is 0 Å². The van der Waals surface area contributed by atoms with Crippen LogP contribution in [0.25, 0.3) is 0 Å². The van der Waals surface area contributed by atoms with E-state index in [0.29, 0.717) is 6.42 Å². The van der Waals surface area contributed by atoms with Gasteiger partial charge in [0, 0.05) is 6.42 Å². The summed E-state index contributed by atoms with van der Waals surface area (Å²) in [4.78, 5) is 12.1. The summed E-state index contributed by atoms with van der Waals surface area (Å²) in [6.45, 7) is 4.27. The van der Waals surface area contributed by atoms with Gasteiger partial charge < -0.3 is 33.2 Å². The molecule has 4 heteroatoms. The van der Waals surface area contributed by atoms with Gasteiger partial charge in [-0.1, -0.05) is 50.1 Å². The number of likely N-dealkylation sites (N-methyl/N-ethyl adjacent to an activating group) is 1. The largest absolute Gasteiger partial charge is 1.00 e. The number of hydrogen-bond acceptors (Lipinski definition) is 2. The smallest absolute Gasteiger partial charge is 0.306 e. The Labute approximate surface area is 152 Å². The summed E-state index contributed by atoms with van der Waals surface area (Å²) >= 11 is 0. The SMILES string of the molecule is CCCCCC(=O)OC(c1ccccc1)C(C)[N+](C)(C)C.[I-]. The molecule has 0 N–H and O–H groups in total. The monoisotopic (exact) mass is 419 g/mol. The highest BCUT2D eigenvalue weighted by atomic mass is 127. The summed E-state index contributed by atoms with van der Waals surface area (Å²) in [6.07, 6.45) is 3.43. The molecule has 0 aliphatic rings. The maximum atomic E-state index is 12.1. The van der Waals surface area contributed by atoms with Gasteiger partial charge in [0.2, 0.25) is 0 Å². The van der Waals surface area contributed by atoms with Gasteiger partial charge in [-0.15, -0.1) is 0 Å². The first-order valence-electron chi connectivity index (χ1n) is 7.91. The van der Waals surface area contributed by atoms with Crippen LogP contribution in [0.15, 0.2) is 30.3 Å². The first kappa shape index (κ1) is 21.4. The van der Waals surface area contributed by atoms with E-state index in [4.69, 9.17) is 4.74 Å². The topological polar surface area (TPSA) is 26.3 Å². The summed E-state index contributed by atoms with van der Waals surface area (Å²) in [6, 6.07) is 10.3. The molecule has 0 amide bonds. The van der Waals surface area contributed by atoms with Gasteiger partial charge >= 0.3 is 5.97 Å². The molecule has 1 rings (SSSR count). The third-order valence-electron chi connectivity index (χ3n) is 4.03. The molecule has 126 valence electrons. The van der Waals surface area contributed by atoms with E-state index in [1.54, 1.807) is 0 Å². The summed E-state index contributed by atoms with van der Waals surface area (Å²) in [5.74, 6) is -0.0856. The van der Waals surface area contributed by atoms with Crippen molar-refractivity contribution in [2.45, 2.75) is 51.7 Å². The van der Waals surface area contributed by atoms with Crippen molar-refractivity contribution in [1.29, 1.82) is 0 Å². The fourth-order valence-electron chi connectivity index (χ4n) is 2.21. The van der Waals surface area contributed by atoms with Crippen molar-refractivity contribution in [3.63, 3.8) is 0 Å². The Morgan fingerprint density at radius 2 is 1.73 bits per heavy atom. The van der Waals surface area contributed by atoms with Crippen molar-refractivity contribution in [2.75, 3.05) is 21.1 Å². The van der Waals surface area contributed by atoms with E-state index in [1.807, 2.05) is 30.3 Å². The summed E-state index contributed by atoms with van der Waals surface area (Å²) < 4.78 is 6.57. The first-order chi connectivity index (χ1) is 9.86. The number of rotatable bonds is 8. The molecule has 0 fully saturated rings. The fraction of sp³-hybridized carbons (Fsp3) is 0.611. The Kier molecular flexibility index (Phi) is 9.92. The molecule has 0 saturated heterocycles. The zero-order valence-corrected chi connectivity index (χ0v) is 16.7. The van der Waals surface area contributed by atoms with Crippen LogP contribution < -0.4 is 24.0 Å². The fourth-order valence-corrected chi connectivity index (χ4v) is 2.21. The second-order valence-electron chi connectivity index (χ2n) is 6.64. The van der Waals surface area contributed by atoms with Gasteiger partial charge in [0.05, 0.1) is 21.1 Å². The second-order valence-corrected chi connectivity index (χ2v) is 6.64. The molecule has 0 saturated carbocycles. The summed E-state index contributed by atoms with van der Waals surface area (Å²) in [5, 5.41) is 0. The van der Waals surface area contributed by atoms with Crippen LogP contribution >= 0.6 is 0 Å². The van der Waals surface area contributed by atoms with Crippen LogP contribution in [0, 0.1) is 0 Å². The van der Waals surface area contributed by atoms with Crippen LogP contribution in [0.2, 0.25) is 0 Å². The molecule has 2 atom stereocenters. The van der Waals surface area contributed by atoms with Gasteiger partial charge in [0.15, 0.2) is 6.10 Å². The van der Waals surface area contributed by atoms with Gasteiger partial charge in [-0.25, -0.2) is 0 Å². The van der Waals surface area contributed by atoms with Crippen LogP contribution in [-0.4, -0.2) is 37.6 Å². The van der Waals surface area contributed by atoms with Gasteiger partial charge in [0.25, 0.3) is 0 Å². The molecule has 0 heterocycles. The Hall–Kier alpha value is -0.620. The Balaban J connectivity index is 0.00000441. The van der Waals surface area contributed by atoms with Crippen molar-refractivity contribution in [1.82, 2.24) is 0 Å². The number of hydrogen-bond donors (Lipinski definition) is 0. The zero-order valence-electron chi connectivity index (χ0n) is 14.5. The van der Waals surface area contributed by atoms with Crippen LogP contribution in [0.1, 0.15) is 51.2 Å². The van der Waals surface area contributed by atoms with Gasteiger partial charge in [-0.05, 0) is 18.9 Å². The molecular formula is C18H30INO2. The van der Waals surface area contributed by atoms with Crippen LogP contribution in [0.4, 0.5) is 0 Å². The lowest BCUT2D eigenvalue weighted by Gasteiger charge is -2.36. The van der Waals surface area contributed by atoms with Crippen molar-refractivity contribution in [2.24, 2.45) is 0 Å². The quantitative estimate of drug-likeness (QED) is 0.272. The number of quaternary nitrogens is 1. The molecule has 22 heavy (non-hydrogen) atoms. The molecule has 0 aliphatic carbocycles. The average molecular weight is 419 g/mol. The van der Waals surface area contributed by atoms with E-state index in [9.17, 15) is 4.79 Å². The number of esters is 1. The number of unbranched alkanes of at least 4 members (excludes halogenated alkanes) is 2. The standard InChI is InChI=1S/C18H30NO2.HI/c1-6-7-9-14-17(20)21-18(15(2)19(3,4)5)16-12-10-8-11-13-16;/h8,10-13,15,18H,6-7,9,14H2,1-5H3;1H/q+1;/p-1. The maximum absolute atomic E-state index is 12.1. The average Bonchev–Trinajstić information content (AvgIpc) is 2.44. The van der Waals surface area contributed by atoms with Crippen molar-refractivity contribution >= 4 is 5.97 Å². The number of nitrogens with zero attached hydrogens (tertiary/aromatic N) is 1. The number of carbonyl (C=O) groups excluding carboxylic acids is 1. The molecule has 0 spiro atoms. The first-order valence-corrected chi connectivity index (χ1v) is 7.91. The number of carbonyl (C=O) groups is 1. The number of ether oxygens (including phenoxy) is 1. The minimum atomic E-state index is -0.194. The van der Waals surface area contributed by atoms with Crippen LogP contribution in [0.3, 0.4) is 0 Å². The van der Waals surface area contributed by atoms with Crippen LogP contribution in [0.5, 0.6) is 0 Å². The van der Waals surface area contributed by atoms with Crippen LogP contribution in [-0.2, 0) is 9.53 Å². The van der Waals surface area contributed by atoms with E-state index >= 15 is 0 Å². The predicted molar refractivity (Wildman–Crippen MR) is 86.9 cm³/mol. The third-order valence-corrected chi connectivity index (χ3v) is 4.03.